The van der Waals surface area contributed by atoms with E-state index in [1.54, 1.807) is 11.4 Å². The summed E-state index contributed by atoms with van der Waals surface area (Å²) >= 11 is 4.33. The van der Waals surface area contributed by atoms with Gasteiger partial charge < -0.3 is 5.11 Å². The van der Waals surface area contributed by atoms with E-state index < -0.39 is 21.5 Å². The van der Waals surface area contributed by atoms with Crippen molar-refractivity contribution in [1.29, 1.82) is 0 Å². The van der Waals surface area contributed by atoms with E-state index in [9.17, 15) is 13.2 Å². The Morgan fingerprint density at radius 1 is 1.40 bits per heavy atom. The Morgan fingerprint density at radius 2 is 2.05 bits per heavy atom. The fourth-order valence-electron chi connectivity index (χ4n) is 2.64. The van der Waals surface area contributed by atoms with Gasteiger partial charge in [-0.1, -0.05) is 19.3 Å². The average molecular weight is 382 g/mol. The molecule has 2 rings (SSSR count). The molecule has 112 valence electrons. The van der Waals surface area contributed by atoms with E-state index >= 15 is 0 Å². The Kier molecular flexibility index (Phi) is 4.88. The van der Waals surface area contributed by atoms with Gasteiger partial charge in [-0.2, -0.15) is 0 Å². The van der Waals surface area contributed by atoms with Gasteiger partial charge in [0.2, 0.25) is 0 Å². The third kappa shape index (κ3) is 3.60. The van der Waals surface area contributed by atoms with Gasteiger partial charge in [-0.15, -0.1) is 11.3 Å². The molecule has 0 aliphatic heterocycles. The summed E-state index contributed by atoms with van der Waals surface area (Å²) in [7, 11) is -3.69. The molecule has 0 amide bonds. The molecular formula is C12H16BrNO4S2. The molecule has 1 aliphatic rings. The Bertz CT molecular complexity index is 590. The Labute approximate surface area is 130 Å². The van der Waals surface area contributed by atoms with Crippen LogP contribution in [0, 0.1) is 0 Å². The van der Waals surface area contributed by atoms with Crippen molar-refractivity contribution >= 4 is 43.3 Å². The molecule has 1 saturated carbocycles. The van der Waals surface area contributed by atoms with E-state index in [4.69, 9.17) is 5.11 Å². The smallest absolute Gasteiger partial charge is 0.305 e. The molecule has 0 unspecified atom stereocenters. The van der Waals surface area contributed by atoms with Gasteiger partial charge >= 0.3 is 5.97 Å². The van der Waals surface area contributed by atoms with Crippen molar-refractivity contribution in [3.8, 4) is 0 Å². The van der Waals surface area contributed by atoms with Crippen molar-refractivity contribution in [2.75, 3.05) is 0 Å². The number of rotatable bonds is 5. The van der Waals surface area contributed by atoms with Crippen LogP contribution in [-0.2, 0) is 14.8 Å². The first kappa shape index (κ1) is 15.9. The van der Waals surface area contributed by atoms with Gasteiger partial charge in [-0.3, -0.25) is 4.79 Å². The molecule has 0 spiro atoms. The van der Waals surface area contributed by atoms with Crippen LogP contribution in [0.4, 0.5) is 0 Å². The molecule has 8 heteroatoms. The van der Waals surface area contributed by atoms with Crippen LogP contribution in [0.3, 0.4) is 0 Å². The summed E-state index contributed by atoms with van der Waals surface area (Å²) in [4.78, 5) is 11.1. The highest BCUT2D eigenvalue weighted by Gasteiger charge is 2.39. The minimum Gasteiger partial charge on any atom is -0.481 e. The van der Waals surface area contributed by atoms with Crippen LogP contribution in [-0.4, -0.2) is 25.0 Å². The van der Waals surface area contributed by atoms with Gasteiger partial charge in [-0.25, -0.2) is 13.1 Å². The molecular weight excluding hydrogens is 366 g/mol. The largest absolute Gasteiger partial charge is 0.481 e. The van der Waals surface area contributed by atoms with Crippen LogP contribution in [0.1, 0.15) is 38.5 Å². The van der Waals surface area contributed by atoms with Gasteiger partial charge in [0.1, 0.15) is 4.21 Å². The monoisotopic (exact) mass is 381 g/mol. The maximum absolute atomic E-state index is 12.4. The zero-order chi connectivity index (χ0) is 14.8. The SMILES string of the molecule is O=C(O)CC1(NS(=O)(=O)c2sccc2Br)CCCCC1. The lowest BCUT2D eigenvalue weighted by atomic mass is 9.80. The quantitative estimate of drug-likeness (QED) is 0.820. The number of aliphatic carboxylic acids is 1. The topological polar surface area (TPSA) is 83.5 Å². The van der Waals surface area contributed by atoms with Crippen LogP contribution >= 0.6 is 27.3 Å². The van der Waals surface area contributed by atoms with Crippen LogP contribution in [0.2, 0.25) is 0 Å². The number of carboxylic acid groups (broad SMARTS) is 1. The molecule has 20 heavy (non-hydrogen) atoms. The first-order valence-electron chi connectivity index (χ1n) is 6.33. The second-order valence-electron chi connectivity index (χ2n) is 5.07. The summed E-state index contributed by atoms with van der Waals surface area (Å²) < 4.78 is 28.3. The summed E-state index contributed by atoms with van der Waals surface area (Å²) in [5, 5.41) is 10.8. The van der Waals surface area contributed by atoms with Gasteiger partial charge in [0.25, 0.3) is 10.0 Å². The van der Waals surface area contributed by atoms with Crippen molar-refractivity contribution < 1.29 is 18.3 Å². The van der Waals surface area contributed by atoms with Gasteiger partial charge in [0.15, 0.2) is 0 Å². The molecule has 1 heterocycles. The third-order valence-corrected chi connectivity index (χ3v) is 7.73. The number of carbonyl (C=O) groups is 1. The van der Waals surface area contributed by atoms with Crippen molar-refractivity contribution in [3.63, 3.8) is 0 Å². The Balaban J connectivity index is 2.28. The maximum atomic E-state index is 12.4. The van der Waals surface area contributed by atoms with E-state index in [2.05, 4.69) is 20.7 Å². The second kappa shape index (κ2) is 6.13. The summed E-state index contributed by atoms with van der Waals surface area (Å²) in [6.07, 6.45) is 3.69. The summed E-state index contributed by atoms with van der Waals surface area (Å²) in [5.41, 5.74) is -0.855. The average Bonchev–Trinajstić information content (AvgIpc) is 2.75. The first-order chi connectivity index (χ1) is 9.35. The third-order valence-electron chi connectivity index (χ3n) is 3.48. The predicted molar refractivity (Wildman–Crippen MR) is 80.4 cm³/mol. The van der Waals surface area contributed by atoms with Crippen molar-refractivity contribution in [1.82, 2.24) is 4.72 Å². The van der Waals surface area contributed by atoms with E-state index in [0.29, 0.717) is 17.3 Å². The van der Waals surface area contributed by atoms with Gasteiger partial charge in [0, 0.05) is 10.0 Å². The van der Waals surface area contributed by atoms with Crippen LogP contribution in [0.15, 0.2) is 20.1 Å². The molecule has 1 aliphatic carbocycles. The fourth-order valence-corrected chi connectivity index (χ4v) is 6.43. The van der Waals surface area contributed by atoms with Gasteiger partial charge in [0.05, 0.1) is 6.42 Å². The van der Waals surface area contributed by atoms with E-state index in [1.807, 2.05) is 0 Å². The highest BCUT2D eigenvalue weighted by molar-refractivity contribution is 9.10. The molecule has 2 N–H and O–H groups in total. The van der Waals surface area contributed by atoms with Crippen molar-refractivity contribution in [2.45, 2.75) is 48.3 Å². The summed E-state index contributed by atoms with van der Waals surface area (Å²) in [6, 6.07) is 1.67. The molecule has 0 bridgehead atoms. The van der Waals surface area contributed by atoms with Crippen LogP contribution in [0.5, 0.6) is 0 Å². The lowest BCUT2D eigenvalue weighted by Crippen LogP contribution is -2.50. The molecule has 1 aromatic rings. The number of halogens is 1. The van der Waals surface area contributed by atoms with Crippen LogP contribution in [0.25, 0.3) is 0 Å². The highest BCUT2D eigenvalue weighted by atomic mass is 79.9. The number of sulfonamides is 1. The summed E-state index contributed by atoms with van der Waals surface area (Å²) in [6.45, 7) is 0. The van der Waals surface area contributed by atoms with Crippen molar-refractivity contribution in [2.24, 2.45) is 0 Å². The van der Waals surface area contributed by atoms with Gasteiger partial charge in [-0.05, 0) is 40.2 Å². The predicted octanol–water partition coefficient (Wildman–Crippen LogP) is 2.97. The standard InChI is InChI=1S/C12H16BrNO4S2/c13-9-4-7-19-11(9)20(17,18)14-12(8-10(15)16)5-2-1-3-6-12/h4,7,14H,1-3,5-6,8H2,(H,15,16). The number of thiophene rings is 1. The number of hydrogen-bond acceptors (Lipinski definition) is 4. The Morgan fingerprint density at radius 3 is 2.55 bits per heavy atom. The molecule has 0 saturated heterocycles. The first-order valence-corrected chi connectivity index (χ1v) is 9.49. The molecule has 5 nitrogen and oxygen atoms in total. The second-order valence-corrected chi connectivity index (χ2v) is 8.72. The highest BCUT2D eigenvalue weighted by Crippen LogP contribution is 2.35. The zero-order valence-corrected chi connectivity index (χ0v) is 14.0. The fraction of sp³-hybridized carbons (Fsp3) is 0.583. The Hall–Kier alpha value is -0.440. The normalized spacial score (nSPS) is 18.9. The molecule has 0 radical (unpaired) electrons. The maximum Gasteiger partial charge on any atom is 0.305 e. The molecule has 0 atom stereocenters. The lowest BCUT2D eigenvalue weighted by molar-refractivity contribution is -0.138. The zero-order valence-electron chi connectivity index (χ0n) is 10.8. The van der Waals surface area contributed by atoms with E-state index in [-0.39, 0.29) is 10.6 Å². The number of nitrogens with one attached hydrogen (secondary N) is 1. The van der Waals surface area contributed by atoms with Crippen LogP contribution < -0.4 is 4.72 Å². The minimum absolute atomic E-state index is 0.171. The molecule has 1 aromatic heterocycles. The molecule has 0 aromatic carbocycles. The number of hydrogen-bond donors (Lipinski definition) is 2. The molecule has 1 fully saturated rings. The summed E-state index contributed by atoms with van der Waals surface area (Å²) in [5.74, 6) is -0.972. The van der Waals surface area contributed by atoms with Crippen molar-refractivity contribution in [3.05, 3.63) is 15.9 Å². The van der Waals surface area contributed by atoms with E-state index in [0.717, 1.165) is 30.6 Å². The van der Waals surface area contributed by atoms with E-state index in [1.165, 1.54) is 0 Å². The minimum atomic E-state index is -3.69. The lowest BCUT2D eigenvalue weighted by Gasteiger charge is -2.36. The number of carboxylic acids is 1.